The molecule has 3 heteroatoms. The lowest BCUT2D eigenvalue weighted by Gasteiger charge is -2.30. The Morgan fingerprint density at radius 3 is 2.57 bits per heavy atom. The summed E-state index contributed by atoms with van der Waals surface area (Å²) in [5.41, 5.74) is 1.30. The highest BCUT2D eigenvalue weighted by Crippen LogP contribution is 2.22. The van der Waals surface area contributed by atoms with Gasteiger partial charge in [0.25, 0.3) is 0 Å². The summed E-state index contributed by atoms with van der Waals surface area (Å²) in [7, 11) is 0. The van der Waals surface area contributed by atoms with E-state index in [1.54, 1.807) is 0 Å². The van der Waals surface area contributed by atoms with Crippen molar-refractivity contribution in [1.29, 1.82) is 0 Å². The minimum absolute atomic E-state index is 0.0221. The molecule has 0 radical (unpaired) electrons. The predicted octanol–water partition coefficient (Wildman–Crippen LogP) is 3.34. The summed E-state index contributed by atoms with van der Waals surface area (Å²) in [6.45, 7) is 6.48. The van der Waals surface area contributed by atoms with Gasteiger partial charge in [0, 0.05) is 6.04 Å². The lowest BCUT2D eigenvalue weighted by molar-refractivity contribution is -0.132. The molecule has 2 rings (SSSR count). The molecule has 1 aromatic rings. The third-order valence-corrected chi connectivity index (χ3v) is 4.46. The number of carbonyl (C=O) groups is 1. The fourth-order valence-corrected chi connectivity index (χ4v) is 3.35. The van der Waals surface area contributed by atoms with Gasteiger partial charge < -0.3 is 4.90 Å². The van der Waals surface area contributed by atoms with E-state index in [-0.39, 0.29) is 12.2 Å². The predicted molar refractivity (Wildman–Crippen MR) is 87.0 cm³/mol. The van der Waals surface area contributed by atoms with Crippen molar-refractivity contribution in [2.45, 2.75) is 71.1 Å². The zero-order valence-electron chi connectivity index (χ0n) is 13.5. The molecular formula is C18H28N2O. The van der Waals surface area contributed by atoms with E-state index in [1.807, 2.05) is 6.07 Å². The normalized spacial score (nSPS) is 23.6. The Kier molecular flexibility index (Phi) is 5.80. The zero-order valence-corrected chi connectivity index (χ0v) is 13.5. The Labute approximate surface area is 128 Å². The van der Waals surface area contributed by atoms with Crippen LogP contribution in [0.15, 0.2) is 30.3 Å². The quantitative estimate of drug-likeness (QED) is 0.834. The monoisotopic (exact) mass is 288 g/mol. The Balaban J connectivity index is 1.95. The third kappa shape index (κ3) is 3.85. The molecule has 3 unspecified atom stereocenters. The number of aryl methyl sites for hydroxylation is 1. The first-order valence-electron chi connectivity index (χ1n) is 8.29. The van der Waals surface area contributed by atoms with Gasteiger partial charge in [0.2, 0.25) is 5.91 Å². The van der Waals surface area contributed by atoms with Gasteiger partial charge in [-0.05, 0) is 38.2 Å². The fraction of sp³-hybridized carbons (Fsp3) is 0.611. The van der Waals surface area contributed by atoms with Crippen molar-refractivity contribution in [1.82, 2.24) is 10.2 Å². The van der Waals surface area contributed by atoms with Crippen LogP contribution in [0.1, 0.15) is 52.0 Å². The molecule has 1 amide bonds. The highest BCUT2D eigenvalue weighted by Gasteiger charge is 2.38. The molecule has 116 valence electrons. The van der Waals surface area contributed by atoms with Crippen LogP contribution in [0.2, 0.25) is 0 Å². The van der Waals surface area contributed by atoms with E-state index in [0.29, 0.717) is 11.9 Å². The van der Waals surface area contributed by atoms with Crippen LogP contribution in [0.3, 0.4) is 0 Å². The van der Waals surface area contributed by atoms with E-state index in [2.05, 4.69) is 55.3 Å². The summed E-state index contributed by atoms with van der Waals surface area (Å²) < 4.78 is 0. The fourth-order valence-electron chi connectivity index (χ4n) is 3.35. The maximum absolute atomic E-state index is 12.7. The molecule has 21 heavy (non-hydrogen) atoms. The zero-order chi connectivity index (χ0) is 15.2. The van der Waals surface area contributed by atoms with Gasteiger partial charge in [0.15, 0.2) is 0 Å². The summed E-state index contributed by atoms with van der Waals surface area (Å²) >= 11 is 0. The molecule has 3 nitrogen and oxygen atoms in total. The number of amides is 1. The van der Waals surface area contributed by atoms with Crippen LogP contribution in [0.4, 0.5) is 0 Å². The molecule has 1 heterocycles. The van der Waals surface area contributed by atoms with Gasteiger partial charge >= 0.3 is 0 Å². The largest absolute Gasteiger partial charge is 0.323 e. The van der Waals surface area contributed by atoms with Crippen LogP contribution in [-0.4, -0.2) is 29.1 Å². The molecule has 0 saturated carbocycles. The Hall–Kier alpha value is -1.35. The van der Waals surface area contributed by atoms with Crippen LogP contribution in [0, 0.1) is 0 Å². The van der Waals surface area contributed by atoms with Gasteiger partial charge in [-0.1, -0.05) is 50.6 Å². The molecule has 1 N–H and O–H groups in total. The first-order chi connectivity index (χ1) is 10.2. The van der Waals surface area contributed by atoms with E-state index in [0.717, 1.165) is 32.1 Å². The first kappa shape index (κ1) is 16.0. The van der Waals surface area contributed by atoms with Crippen molar-refractivity contribution in [3.05, 3.63) is 35.9 Å². The summed E-state index contributed by atoms with van der Waals surface area (Å²) in [4.78, 5) is 14.8. The average Bonchev–Trinajstić information content (AvgIpc) is 2.78. The van der Waals surface area contributed by atoms with Crippen LogP contribution < -0.4 is 5.32 Å². The lowest BCUT2D eigenvalue weighted by Crippen LogP contribution is -2.42. The lowest BCUT2D eigenvalue weighted by atomic mass is 10.0. The van der Waals surface area contributed by atoms with Crippen molar-refractivity contribution in [2.75, 3.05) is 0 Å². The number of benzene rings is 1. The van der Waals surface area contributed by atoms with Gasteiger partial charge in [-0.15, -0.1) is 0 Å². The molecule has 0 bridgehead atoms. The standard InChI is InChI=1S/C18H28N2O/c1-4-9-16(5-2)20-14(3)19-17(18(20)21)13-12-15-10-7-6-8-11-15/h6-8,10-11,14,16-17,19H,4-5,9,12-13H2,1-3H3. The molecule has 1 aliphatic rings. The van der Waals surface area contributed by atoms with E-state index in [1.165, 1.54) is 5.56 Å². The second-order valence-electron chi connectivity index (χ2n) is 6.02. The van der Waals surface area contributed by atoms with Gasteiger partial charge in [-0.2, -0.15) is 0 Å². The topological polar surface area (TPSA) is 32.3 Å². The molecule has 1 fully saturated rings. The maximum Gasteiger partial charge on any atom is 0.241 e. The minimum Gasteiger partial charge on any atom is -0.323 e. The second-order valence-corrected chi connectivity index (χ2v) is 6.02. The van der Waals surface area contributed by atoms with Crippen LogP contribution in [0.5, 0.6) is 0 Å². The molecule has 0 aromatic heterocycles. The van der Waals surface area contributed by atoms with Gasteiger partial charge in [0.1, 0.15) is 0 Å². The van der Waals surface area contributed by atoms with Crippen LogP contribution >= 0.6 is 0 Å². The van der Waals surface area contributed by atoms with Crippen molar-refractivity contribution >= 4 is 5.91 Å². The molecule has 1 saturated heterocycles. The number of hydrogen-bond donors (Lipinski definition) is 1. The summed E-state index contributed by atoms with van der Waals surface area (Å²) in [6, 6.07) is 10.8. The van der Waals surface area contributed by atoms with E-state index in [9.17, 15) is 4.79 Å². The van der Waals surface area contributed by atoms with Crippen molar-refractivity contribution in [3.8, 4) is 0 Å². The Morgan fingerprint density at radius 2 is 1.95 bits per heavy atom. The number of hydrogen-bond acceptors (Lipinski definition) is 2. The van der Waals surface area contributed by atoms with E-state index in [4.69, 9.17) is 0 Å². The summed E-state index contributed by atoms with van der Waals surface area (Å²) in [5.74, 6) is 0.290. The van der Waals surface area contributed by atoms with Gasteiger partial charge in [-0.25, -0.2) is 0 Å². The molecule has 0 spiro atoms. The van der Waals surface area contributed by atoms with Crippen LogP contribution in [-0.2, 0) is 11.2 Å². The molecule has 0 aliphatic carbocycles. The number of rotatable bonds is 7. The van der Waals surface area contributed by atoms with Crippen LogP contribution in [0.25, 0.3) is 0 Å². The summed E-state index contributed by atoms with van der Waals surface area (Å²) in [5, 5.41) is 3.47. The van der Waals surface area contributed by atoms with E-state index < -0.39 is 0 Å². The van der Waals surface area contributed by atoms with Crippen molar-refractivity contribution in [2.24, 2.45) is 0 Å². The molecular weight excluding hydrogens is 260 g/mol. The minimum atomic E-state index is -0.0221. The highest BCUT2D eigenvalue weighted by atomic mass is 16.2. The first-order valence-corrected chi connectivity index (χ1v) is 8.29. The number of nitrogens with one attached hydrogen (secondary N) is 1. The Bertz CT molecular complexity index is 446. The SMILES string of the molecule is CCCC(CC)N1C(=O)C(CCc2ccccc2)NC1C. The second kappa shape index (κ2) is 7.60. The Morgan fingerprint density at radius 1 is 1.24 bits per heavy atom. The number of carbonyl (C=O) groups excluding carboxylic acids is 1. The van der Waals surface area contributed by atoms with E-state index >= 15 is 0 Å². The third-order valence-electron chi connectivity index (χ3n) is 4.46. The maximum atomic E-state index is 12.7. The molecule has 3 atom stereocenters. The molecule has 1 aromatic carbocycles. The number of nitrogens with zero attached hydrogens (tertiary/aromatic N) is 1. The summed E-state index contributed by atoms with van der Waals surface area (Å²) in [6.07, 6.45) is 5.26. The van der Waals surface area contributed by atoms with Gasteiger partial charge in [-0.3, -0.25) is 10.1 Å². The van der Waals surface area contributed by atoms with Crippen molar-refractivity contribution in [3.63, 3.8) is 0 Å². The highest BCUT2D eigenvalue weighted by molar-refractivity contribution is 5.84. The average molecular weight is 288 g/mol. The smallest absolute Gasteiger partial charge is 0.241 e. The van der Waals surface area contributed by atoms with Gasteiger partial charge in [0.05, 0.1) is 12.2 Å². The van der Waals surface area contributed by atoms with Crippen molar-refractivity contribution < 1.29 is 4.79 Å². The molecule has 1 aliphatic heterocycles.